The van der Waals surface area contributed by atoms with E-state index in [4.69, 9.17) is 0 Å². The first-order valence-corrected chi connectivity index (χ1v) is 5.55. The zero-order valence-corrected chi connectivity index (χ0v) is 8.51. The van der Waals surface area contributed by atoms with Crippen LogP contribution in [0.25, 0.3) is 0 Å². The second kappa shape index (κ2) is 3.29. The summed E-state index contributed by atoms with van der Waals surface area (Å²) in [6, 6.07) is 0. The van der Waals surface area contributed by atoms with Crippen molar-refractivity contribution in [3.8, 4) is 0 Å². The minimum atomic E-state index is -3.28. The van der Waals surface area contributed by atoms with Crippen LogP contribution in [0.15, 0.2) is 6.20 Å². The molecule has 1 aromatic heterocycles. The average molecular weight is 201 g/mol. The molecule has 0 aliphatic rings. The number of anilines is 1. The number of hydrogen-bond donors (Lipinski definition) is 1. The van der Waals surface area contributed by atoms with Crippen molar-refractivity contribution in [2.24, 2.45) is 0 Å². The van der Waals surface area contributed by atoms with Crippen LogP contribution < -0.4 is 4.72 Å². The van der Waals surface area contributed by atoms with Crippen molar-refractivity contribution in [1.29, 1.82) is 0 Å². The Morgan fingerprint density at radius 1 is 1.38 bits per heavy atom. The summed E-state index contributed by atoms with van der Waals surface area (Å²) in [7, 11) is -3.28. The zero-order chi connectivity index (χ0) is 10.1. The molecule has 72 valence electrons. The van der Waals surface area contributed by atoms with Gasteiger partial charge in [0, 0.05) is 11.9 Å². The lowest BCUT2D eigenvalue weighted by Crippen LogP contribution is -2.12. The number of hydrogen-bond acceptors (Lipinski definition) is 4. The van der Waals surface area contributed by atoms with Gasteiger partial charge in [-0.2, -0.15) is 0 Å². The van der Waals surface area contributed by atoms with Gasteiger partial charge in [0.2, 0.25) is 16.0 Å². The van der Waals surface area contributed by atoms with E-state index in [2.05, 4.69) is 14.7 Å². The largest absolute Gasteiger partial charge is 0.251 e. The smallest absolute Gasteiger partial charge is 0.236 e. The molecule has 0 atom stereocenters. The summed E-state index contributed by atoms with van der Waals surface area (Å²) in [4.78, 5) is 7.78. The molecule has 0 fully saturated rings. The molecule has 1 N–H and O–H groups in total. The molecule has 0 aliphatic heterocycles. The first-order valence-electron chi connectivity index (χ1n) is 3.66. The fourth-order valence-electron chi connectivity index (χ4n) is 0.742. The van der Waals surface area contributed by atoms with E-state index in [-0.39, 0.29) is 5.95 Å². The molecule has 0 spiro atoms. The Kier molecular flexibility index (Phi) is 2.51. The van der Waals surface area contributed by atoms with E-state index in [9.17, 15) is 8.42 Å². The number of sulfonamides is 1. The van der Waals surface area contributed by atoms with Crippen LogP contribution in [0.4, 0.5) is 5.95 Å². The fourth-order valence-corrected chi connectivity index (χ4v) is 1.17. The summed E-state index contributed by atoms with van der Waals surface area (Å²) in [5.74, 6) is 0.116. The molecule has 0 amide bonds. The van der Waals surface area contributed by atoms with Crippen LogP contribution in [0.2, 0.25) is 0 Å². The van der Waals surface area contributed by atoms with Gasteiger partial charge in [-0.05, 0) is 19.4 Å². The normalized spacial score (nSPS) is 11.3. The van der Waals surface area contributed by atoms with Crippen LogP contribution in [0, 0.1) is 13.8 Å². The van der Waals surface area contributed by atoms with E-state index in [0.717, 1.165) is 17.5 Å². The summed E-state index contributed by atoms with van der Waals surface area (Å²) in [5.41, 5.74) is 1.69. The monoisotopic (exact) mass is 201 g/mol. The minimum Gasteiger partial charge on any atom is -0.251 e. The Hall–Kier alpha value is -1.17. The molecule has 5 nitrogen and oxygen atoms in total. The summed E-state index contributed by atoms with van der Waals surface area (Å²) in [5, 5.41) is 0. The average Bonchev–Trinajstić information content (AvgIpc) is 1.94. The van der Waals surface area contributed by atoms with Gasteiger partial charge in [-0.3, -0.25) is 4.72 Å². The molecule has 6 heteroatoms. The second-order valence-electron chi connectivity index (χ2n) is 2.84. The Balaban J connectivity index is 2.99. The maximum absolute atomic E-state index is 10.8. The van der Waals surface area contributed by atoms with E-state index >= 15 is 0 Å². The fraction of sp³-hybridized carbons (Fsp3) is 0.429. The van der Waals surface area contributed by atoms with E-state index in [1.165, 1.54) is 0 Å². The van der Waals surface area contributed by atoms with Gasteiger partial charge in [-0.1, -0.05) is 0 Å². The van der Waals surface area contributed by atoms with Crippen LogP contribution in [0.1, 0.15) is 11.3 Å². The van der Waals surface area contributed by atoms with Crippen molar-refractivity contribution in [1.82, 2.24) is 9.97 Å². The third-order valence-electron chi connectivity index (χ3n) is 1.50. The summed E-state index contributed by atoms with van der Waals surface area (Å²) < 4.78 is 23.8. The SMILES string of the molecule is Cc1cnc(NS(C)(=O)=O)nc1C. The van der Waals surface area contributed by atoms with Crippen LogP contribution in [-0.4, -0.2) is 24.6 Å². The Morgan fingerprint density at radius 2 is 2.00 bits per heavy atom. The van der Waals surface area contributed by atoms with E-state index in [0.29, 0.717) is 0 Å². The van der Waals surface area contributed by atoms with Gasteiger partial charge < -0.3 is 0 Å². The molecule has 0 radical (unpaired) electrons. The summed E-state index contributed by atoms with van der Waals surface area (Å²) in [6.07, 6.45) is 2.64. The van der Waals surface area contributed by atoms with Gasteiger partial charge >= 0.3 is 0 Å². The zero-order valence-electron chi connectivity index (χ0n) is 7.70. The quantitative estimate of drug-likeness (QED) is 0.754. The highest BCUT2D eigenvalue weighted by Gasteiger charge is 2.04. The standard InChI is InChI=1S/C7H11N3O2S/c1-5-4-8-7(9-6(5)2)10-13(3,11)12/h4H,1-3H3,(H,8,9,10). The highest BCUT2D eigenvalue weighted by molar-refractivity contribution is 7.91. The first kappa shape index (κ1) is 9.91. The predicted octanol–water partition coefficient (Wildman–Crippen LogP) is 0.465. The molecular formula is C7H11N3O2S. The van der Waals surface area contributed by atoms with Gasteiger partial charge in [-0.15, -0.1) is 0 Å². The molecule has 0 aliphatic carbocycles. The van der Waals surface area contributed by atoms with Crippen LogP contribution in [0.3, 0.4) is 0 Å². The Bertz CT molecular complexity index is 414. The molecule has 0 bridgehead atoms. The number of nitrogens with zero attached hydrogens (tertiary/aromatic N) is 2. The number of aryl methyl sites for hydroxylation is 2. The van der Waals surface area contributed by atoms with E-state index < -0.39 is 10.0 Å². The number of aromatic nitrogens is 2. The summed E-state index contributed by atoms with van der Waals surface area (Å²) >= 11 is 0. The molecule has 1 heterocycles. The van der Waals surface area contributed by atoms with Crippen molar-refractivity contribution >= 4 is 16.0 Å². The highest BCUT2D eigenvalue weighted by Crippen LogP contribution is 2.05. The van der Waals surface area contributed by atoms with Gasteiger partial charge in [0.15, 0.2) is 0 Å². The van der Waals surface area contributed by atoms with Crippen LogP contribution in [-0.2, 0) is 10.0 Å². The molecule has 1 aromatic rings. The molecule has 0 aromatic carbocycles. The first-order chi connectivity index (χ1) is 5.88. The lowest BCUT2D eigenvalue weighted by Gasteiger charge is -2.03. The minimum absolute atomic E-state index is 0.116. The maximum atomic E-state index is 10.8. The van der Waals surface area contributed by atoms with Gasteiger partial charge in [0.05, 0.1) is 6.26 Å². The third-order valence-corrected chi connectivity index (χ3v) is 2.05. The second-order valence-corrected chi connectivity index (χ2v) is 4.58. The molecular weight excluding hydrogens is 190 g/mol. The van der Waals surface area contributed by atoms with E-state index in [1.54, 1.807) is 13.1 Å². The molecule has 0 unspecified atom stereocenters. The Morgan fingerprint density at radius 3 is 2.46 bits per heavy atom. The maximum Gasteiger partial charge on any atom is 0.236 e. The molecule has 0 saturated heterocycles. The molecule has 0 saturated carbocycles. The van der Waals surface area contributed by atoms with Gasteiger partial charge in [0.25, 0.3) is 0 Å². The lowest BCUT2D eigenvalue weighted by atomic mass is 10.3. The van der Waals surface area contributed by atoms with Crippen LogP contribution >= 0.6 is 0 Å². The van der Waals surface area contributed by atoms with Crippen molar-refractivity contribution < 1.29 is 8.42 Å². The molecule has 13 heavy (non-hydrogen) atoms. The predicted molar refractivity (Wildman–Crippen MR) is 50.0 cm³/mol. The molecule has 1 rings (SSSR count). The summed E-state index contributed by atoms with van der Waals surface area (Å²) in [6.45, 7) is 3.66. The number of rotatable bonds is 2. The third kappa shape index (κ3) is 2.98. The topological polar surface area (TPSA) is 72.0 Å². The Labute approximate surface area is 77.3 Å². The van der Waals surface area contributed by atoms with Crippen molar-refractivity contribution in [3.05, 3.63) is 17.5 Å². The van der Waals surface area contributed by atoms with Crippen LogP contribution in [0.5, 0.6) is 0 Å². The van der Waals surface area contributed by atoms with Crippen molar-refractivity contribution in [2.45, 2.75) is 13.8 Å². The lowest BCUT2D eigenvalue weighted by molar-refractivity contribution is 0.606. The van der Waals surface area contributed by atoms with Gasteiger partial charge in [-0.25, -0.2) is 18.4 Å². The van der Waals surface area contributed by atoms with Gasteiger partial charge in [0.1, 0.15) is 0 Å². The highest BCUT2D eigenvalue weighted by atomic mass is 32.2. The number of nitrogens with one attached hydrogen (secondary N) is 1. The van der Waals surface area contributed by atoms with Crippen molar-refractivity contribution in [2.75, 3.05) is 11.0 Å². The van der Waals surface area contributed by atoms with Crippen molar-refractivity contribution in [3.63, 3.8) is 0 Å². The van der Waals surface area contributed by atoms with E-state index in [1.807, 2.05) is 6.92 Å².